The van der Waals surface area contributed by atoms with Crippen LogP contribution in [-0.2, 0) is 48.7 Å². The van der Waals surface area contributed by atoms with Crippen LogP contribution in [0, 0.1) is 5.92 Å². The van der Waals surface area contributed by atoms with Crippen molar-refractivity contribution in [2.45, 2.75) is 144 Å². The zero-order chi connectivity index (χ0) is 67.3. The zero-order valence-corrected chi connectivity index (χ0v) is 51.8. The molecule has 14 atom stereocenters. The molecule has 0 radical (unpaired) electrons. The lowest BCUT2D eigenvalue weighted by atomic mass is 9.96. The molecule has 4 heterocycles. The van der Waals surface area contributed by atoms with Crippen molar-refractivity contribution in [1.82, 2.24) is 46.6 Å². The Hall–Kier alpha value is -8.03. The summed E-state index contributed by atoms with van der Waals surface area (Å²) in [7, 11) is -3.65. The number of ether oxygens (including phenoxy) is 2. The smallest absolute Gasteiger partial charge is 0.446 e. The zero-order valence-electron chi connectivity index (χ0n) is 50.1. The normalized spacial score (nSPS) is 25.2. The Morgan fingerprint density at radius 1 is 0.750 bits per heavy atom. The molecular formula is C58H76N10O22S2. The number of benzene rings is 3. The number of hydrogen-bond donors (Lipinski definition) is 15. The van der Waals surface area contributed by atoms with Gasteiger partial charge in [-0.15, -0.1) is 10.2 Å². The van der Waals surface area contributed by atoms with Crippen LogP contribution in [0.1, 0.15) is 87.2 Å². The monoisotopic (exact) mass is 1330 g/mol. The van der Waals surface area contributed by atoms with Crippen LogP contribution in [0.25, 0.3) is 21.1 Å². The number of aliphatic hydroxyl groups is 7. The molecule has 7 rings (SSSR count). The van der Waals surface area contributed by atoms with Gasteiger partial charge in [0, 0.05) is 68.8 Å². The third kappa shape index (κ3) is 18.6. The fraction of sp³-hybridized carbons (Fsp3) is 0.517. The average Bonchev–Trinajstić information content (AvgIpc) is 1.58. The van der Waals surface area contributed by atoms with E-state index in [-0.39, 0.29) is 5.56 Å². The number of aromatic hydroxyl groups is 1. The number of phenols is 1. The fourth-order valence-corrected chi connectivity index (χ4v) is 11.9. The minimum atomic E-state index is -5.34. The molecule has 0 saturated carbocycles. The topological polar surface area (TPSA) is 499 Å². The minimum Gasteiger partial charge on any atom is -0.504 e. The van der Waals surface area contributed by atoms with Crippen LogP contribution in [0.15, 0.2) is 66.7 Å². The van der Waals surface area contributed by atoms with Crippen LogP contribution >= 0.6 is 11.3 Å². The van der Waals surface area contributed by atoms with Crippen LogP contribution in [0.5, 0.6) is 17.2 Å². The Kier molecular flexibility index (Phi) is 24.8. The van der Waals surface area contributed by atoms with Gasteiger partial charge in [0.2, 0.25) is 41.4 Å². The number of hydrogen-bond acceptors (Lipinski definition) is 24. The molecule has 3 aliphatic rings. The molecule has 4 aromatic rings. The Balaban J connectivity index is 1.17. The highest BCUT2D eigenvalue weighted by Gasteiger charge is 2.50. The molecule has 92 heavy (non-hydrogen) atoms. The number of amides is 8. The van der Waals surface area contributed by atoms with Crippen molar-refractivity contribution in [2.75, 3.05) is 40.0 Å². The van der Waals surface area contributed by atoms with Gasteiger partial charge in [-0.05, 0) is 73.9 Å². The number of nitrogens with zero attached hydrogens (tertiary/aromatic N) is 4. The number of aromatic nitrogens is 2. The molecule has 3 aromatic carbocycles. The average molecular weight is 1330 g/mol. The summed E-state index contributed by atoms with van der Waals surface area (Å²) in [5.74, 6) is -12.4. The number of primary amides is 1. The van der Waals surface area contributed by atoms with E-state index in [1.807, 2.05) is 24.3 Å². The summed E-state index contributed by atoms with van der Waals surface area (Å²) in [5.41, 5.74) is 6.09. The van der Waals surface area contributed by atoms with Crippen LogP contribution in [0.2, 0.25) is 0 Å². The van der Waals surface area contributed by atoms with Gasteiger partial charge in [-0.1, -0.05) is 55.7 Å². The fourth-order valence-electron chi connectivity index (χ4n) is 10.7. The molecule has 3 saturated heterocycles. The number of carbonyl (C=O) groups excluding carboxylic acids is 8. The van der Waals surface area contributed by atoms with Crippen molar-refractivity contribution < 1.29 is 106 Å². The van der Waals surface area contributed by atoms with Gasteiger partial charge in [0.15, 0.2) is 11.5 Å². The van der Waals surface area contributed by atoms with Crippen molar-refractivity contribution in [3.05, 3.63) is 77.9 Å². The number of unbranched alkanes of at least 4 members (excludes halogenated alkanes) is 4. The second-order valence-electron chi connectivity index (χ2n) is 22.7. The summed E-state index contributed by atoms with van der Waals surface area (Å²) < 4.78 is 47.8. The first kappa shape index (κ1) is 71.4. The molecular weight excluding hydrogens is 1250 g/mol. The standard InChI is InChI=1S/C58H76N10O22S2/c1-28-26-68-46(47(28)75)54(82)60-25-34(70)22-37(61-50(78)30-9-11-31(12-10-30)55-65-66-56(91-55)32-13-16-36(17-14-32)89-20-8-6-4-5-7-19-88-3)51(79)62-43(29(2)69)57(83)67-27-35(71)23-38(67)52(80)64-45(53(81)63-44(58(68)84)40(73)24-42(59)74)49(77)48(76)33-15-18-39(72)41(21-33)90-92(85,86)87/h9-18,21,28-29,34-35,37-38,40,43-49,69-73,75-77H,4-8,19-20,22-27H2,1-3H3,(H2,59,74)(H,60,82)(H,61,78)(H,62,79)(H,63,81)(H,64,80)(H,85,86,87)/t28-,29+,34+,35+,37-,38?,40+,43?,44?,45?,46?,47-,48-,49-/m0/s1. The lowest BCUT2D eigenvalue weighted by Gasteiger charge is -2.34. The summed E-state index contributed by atoms with van der Waals surface area (Å²) in [4.78, 5) is 115. The maximum Gasteiger partial charge on any atom is 0.446 e. The summed E-state index contributed by atoms with van der Waals surface area (Å²) in [5, 5.41) is 111. The molecule has 502 valence electrons. The number of methoxy groups -OCH3 is 1. The number of nitrogens with two attached hydrogens (primary N) is 1. The number of carbonyl (C=O) groups is 8. The molecule has 0 bridgehead atoms. The van der Waals surface area contributed by atoms with Crippen molar-refractivity contribution >= 4 is 69.0 Å². The van der Waals surface area contributed by atoms with Crippen LogP contribution in [0.4, 0.5) is 0 Å². The molecule has 3 fully saturated rings. The maximum absolute atomic E-state index is 14.7. The van der Waals surface area contributed by atoms with Gasteiger partial charge in [0.05, 0.1) is 43.5 Å². The highest BCUT2D eigenvalue weighted by atomic mass is 32.3. The molecule has 34 heteroatoms. The van der Waals surface area contributed by atoms with Gasteiger partial charge in [0.25, 0.3) is 5.91 Å². The van der Waals surface area contributed by atoms with Crippen molar-refractivity contribution in [3.63, 3.8) is 0 Å². The lowest BCUT2D eigenvalue weighted by molar-refractivity contribution is -0.148. The summed E-state index contributed by atoms with van der Waals surface area (Å²) in [6.07, 6.45) is -11.5. The van der Waals surface area contributed by atoms with E-state index in [1.54, 1.807) is 19.2 Å². The van der Waals surface area contributed by atoms with Gasteiger partial charge < -0.3 is 96.6 Å². The van der Waals surface area contributed by atoms with Crippen molar-refractivity contribution in [2.24, 2.45) is 11.7 Å². The Bertz CT molecular complexity index is 3380. The van der Waals surface area contributed by atoms with Gasteiger partial charge in [-0.2, -0.15) is 8.42 Å². The minimum absolute atomic E-state index is 0.0302. The predicted molar refractivity (Wildman–Crippen MR) is 321 cm³/mol. The Labute approximate surface area is 531 Å². The number of fused-ring (bicyclic) bond motifs is 2. The highest BCUT2D eigenvalue weighted by Crippen LogP contribution is 2.34. The molecule has 1 aromatic heterocycles. The number of aliphatic hydroxyl groups excluding tert-OH is 7. The first-order valence-corrected chi connectivity index (χ1v) is 31.5. The van der Waals surface area contributed by atoms with Crippen LogP contribution in [0.3, 0.4) is 0 Å². The van der Waals surface area contributed by atoms with E-state index in [9.17, 15) is 92.2 Å². The van der Waals surface area contributed by atoms with Crippen LogP contribution < -0.4 is 41.2 Å². The van der Waals surface area contributed by atoms with Crippen molar-refractivity contribution in [1.29, 1.82) is 0 Å². The van der Waals surface area contributed by atoms with E-state index < -0.39 is 199 Å². The highest BCUT2D eigenvalue weighted by molar-refractivity contribution is 7.81. The largest absolute Gasteiger partial charge is 0.504 e. The Morgan fingerprint density at radius 3 is 1.97 bits per heavy atom. The van der Waals surface area contributed by atoms with Gasteiger partial charge >= 0.3 is 10.4 Å². The molecule has 0 aliphatic carbocycles. The summed E-state index contributed by atoms with van der Waals surface area (Å²) in [6.45, 7) is 1.86. The van der Waals surface area contributed by atoms with Crippen LogP contribution in [-0.4, -0.2) is 234 Å². The van der Waals surface area contributed by atoms with Gasteiger partial charge in [-0.25, -0.2) is 0 Å². The third-order valence-corrected chi connectivity index (χ3v) is 17.0. The van der Waals surface area contributed by atoms with E-state index in [1.165, 1.54) is 30.4 Å². The quantitative estimate of drug-likeness (QED) is 0.0276. The second kappa shape index (κ2) is 32.0. The SMILES string of the molecule is COCCCCCCCOc1ccc(-c2nnc(-c3ccc(C(=O)N[C@H]4C[C@@H](O)CNC(=O)C5[C@@H](O)[C@@H](C)CN5C(=O)C([C@H](O)CC(N)=O)NC(=O)C([C@H](O)[C@@H](O)c5ccc(O)c(OS(=O)(=O)O)c5)NC(=O)C5C[C@@H](O)CN5C(=O)C([C@@H](C)O)NC4=O)cc3)s2)cc1. The first-order valence-electron chi connectivity index (χ1n) is 29.4. The summed E-state index contributed by atoms with van der Waals surface area (Å²) in [6, 6.07) is 2.97. The molecule has 5 unspecified atom stereocenters. The number of phenolic OH excluding ortho intramolecular Hbond substituents is 1. The molecule has 32 nitrogen and oxygen atoms in total. The molecule has 0 spiro atoms. The summed E-state index contributed by atoms with van der Waals surface area (Å²) >= 11 is 1.27. The molecule has 3 aliphatic heterocycles. The second-order valence-corrected chi connectivity index (χ2v) is 24.7. The van der Waals surface area contributed by atoms with E-state index in [4.69, 9.17) is 15.2 Å². The molecule has 16 N–H and O–H groups in total. The maximum atomic E-state index is 14.7. The first-order chi connectivity index (χ1) is 43.5. The van der Waals surface area contributed by atoms with E-state index >= 15 is 0 Å². The Morgan fingerprint density at radius 2 is 1.35 bits per heavy atom. The van der Waals surface area contributed by atoms with E-state index in [2.05, 4.69) is 41.0 Å². The number of nitrogens with one attached hydrogen (secondary N) is 5. The van der Waals surface area contributed by atoms with Crippen molar-refractivity contribution in [3.8, 4) is 38.4 Å². The van der Waals surface area contributed by atoms with Gasteiger partial charge in [0.1, 0.15) is 64.2 Å². The van der Waals surface area contributed by atoms with Gasteiger partial charge in [-0.3, -0.25) is 42.9 Å². The third-order valence-electron chi connectivity index (χ3n) is 15.6. The molecule has 8 amide bonds. The predicted octanol–water partition coefficient (Wildman–Crippen LogP) is -2.95. The number of rotatable bonds is 22. The van der Waals surface area contributed by atoms with E-state index in [0.29, 0.717) is 43.8 Å². The lowest BCUT2D eigenvalue weighted by Crippen LogP contribution is -2.64. The number of β-amino-alcohol motifs (C(OH)–C–C–N with tert-alkyl or cyclic N) is 1. The van der Waals surface area contributed by atoms with E-state index in [0.717, 1.165) is 63.3 Å².